The zero-order chi connectivity index (χ0) is 13.8. The molecule has 1 fully saturated rings. The van der Waals surface area contributed by atoms with Crippen molar-refractivity contribution in [1.29, 1.82) is 0 Å². The van der Waals surface area contributed by atoms with E-state index in [0.29, 0.717) is 19.1 Å². The van der Waals surface area contributed by atoms with Crippen molar-refractivity contribution in [2.75, 3.05) is 20.3 Å². The smallest absolute Gasteiger partial charge is 0.254 e. The molecule has 19 heavy (non-hydrogen) atoms. The van der Waals surface area contributed by atoms with E-state index in [1.807, 2.05) is 22.9 Å². The van der Waals surface area contributed by atoms with Gasteiger partial charge in [0.1, 0.15) is 6.10 Å². The standard InChI is InChI=1S/C15H23NO3/c1-11(2)9-12-5-4-7-16(15(12)17)13-6-8-19-10-14(13)18-3/h4-5,7,11,13-14H,6,8-10H2,1-3H3/t13-,14+/m0/s1. The first-order chi connectivity index (χ1) is 9.13. The molecule has 0 spiro atoms. The molecule has 1 saturated heterocycles. The summed E-state index contributed by atoms with van der Waals surface area (Å²) in [6, 6.07) is 3.97. The molecule has 2 rings (SSSR count). The molecule has 0 unspecified atom stereocenters. The summed E-state index contributed by atoms with van der Waals surface area (Å²) in [6.07, 6.45) is 3.47. The van der Waals surface area contributed by atoms with Crippen LogP contribution in [0.25, 0.3) is 0 Å². The van der Waals surface area contributed by atoms with E-state index in [2.05, 4.69) is 13.8 Å². The van der Waals surface area contributed by atoms with Crippen LogP contribution >= 0.6 is 0 Å². The van der Waals surface area contributed by atoms with Crippen LogP contribution in [-0.4, -0.2) is 31.0 Å². The van der Waals surface area contributed by atoms with Gasteiger partial charge in [0.15, 0.2) is 0 Å². The lowest BCUT2D eigenvalue weighted by molar-refractivity contribution is -0.0610. The van der Waals surface area contributed by atoms with E-state index in [1.165, 1.54) is 0 Å². The van der Waals surface area contributed by atoms with Crippen molar-refractivity contribution in [2.45, 2.75) is 38.8 Å². The fourth-order valence-electron chi connectivity index (χ4n) is 2.66. The first-order valence-electron chi connectivity index (χ1n) is 6.94. The third-order valence-electron chi connectivity index (χ3n) is 3.61. The summed E-state index contributed by atoms with van der Waals surface area (Å²) in [6.45, 7) is 5.50. The van der Waals surface area contributed by atoms with Gasteiger partial charge in [0.05, 0.1) is 12.6 Å². The SMILES string of the molecule is CO[C@@H]1COCC[C@@H]1n1cccc(CC(C)C)c1=O. The molecule has 4 nitrogen and oxygen atoms in total. The number of rotatable bonds is 4. The van der Waals surface area contributed by atoms with E-state index in [4.69, 9.17) is 9.47 Å². The average Bonchev–Trinajstić information content (AvgIpc) is 2.41. The minimum atomic E-state index is -0.0410. The van der Waals surface area contributed by atoms with Crippen molar-refractivity contribution in [3.8, 4) is 0 Å². The van der Waals surface area contributed by atoms with Gasteiger partial charge in [-0.2, -0.15) is 0 Å². The molecule has 106 valence electrons. The van der Waals surface area contributed by atoms with Gasteiger partial charge in [-0.1, -0.05) is 19.9 Å². The quantitative estimate of drug-likeness (QED) is 0.836. The first kappa shape index (κ1) is 14.3. The lowest BCUT2D eigenvalue weighted by Crippen LogP contribution is -2.40. The van der Waals surface area contributed by atoms with Crippen molar-refractivity contribution >= 4 is 0 Å². The van der Waals surface area contributed by atoms with Crippen LogP contribution in [0.15, 0.2) is 23.1 Å². The molecule has 2 heterocycles. The van der Waals surface area contributed by atoms with Gasteiger partial charge in [0, 0.05) is 25.5 Å². The van der Waals surface area contributed by atoms with Gasteiger partial charge in [-0.15, -0.1) is 0 Å². The Balaban J connectivity index is 2.31. The lowest BCUT2D eigenvalue weighted by atomic mass is 10.0. The van der Waals surface area contributed by atoms with E-state index < -0.39 is 0 Å². The molecular formula is C15H23NO3. The van der Waals surface area contributed by atoms with Gasteiger partial charge in [-0.3, -0.25) is 4.79 Å². The maximum Gasteiger partial charge on any atom is 0.254 e. The molecule has 1 aliphatic heterocycles. The summed E-state index contributed by atoms with van der Waals surface area (Å²) < 4.78 is 12.7. The number of hydrogen-bond acceptors (Lipinski definition) is 3. The predicted octanol–water partition coefficient (Wildman–Crippen LogP) is 2.02. The Labute approximate surface area is 114 Å². The fraction of sp³-hybridized carbons (Fsp3) is 0.667. The molecule has 0 amide bonds. The number of aromatic nitrogens is 1. The van der Waals surface area contributed by atoms with Crippen LogP contribution in [0.4, 0.5) is 0 Å². The van der Waals surface area contributed by atoms with Crippen molar-refractivity contribution in [2.24, 2.45) is 5.92 Å². The third-order valence-corrected chi connectivity index (χ3v) is 3.61. The molecule has 0 N–H and O–H groups in total. The Bertz CT molecular complexity index is 467. The van der Waals surface area contributed by atoms with E-state index >= 15 is 0 Å². The summed E-state index contributed by atoms with van der Waals surface area (Å²) in [4.78, 5) is 12.5. The number of hydrogen-bond donors (Lipinski definition) is 0. The van der Waals surface area contributed by atoms with Gasteiger partial charge in [-0.25, -0.2) is 0 Å². The van der Waals surface area contributed by atoms with Crippen molar-refractivity contribution in [3.63, 3.8) is 0 Å². The Morgan fingerprint density at radius 1 is 1.53 bits per heavy atom. The van der Waals surface area contributed by atoms with Crippen LogP contribution in [0.1, 0.15) is 31.9 Å². The Hall–Kier alpha value is -1.13. The second-order valence-electron chi connectivity index (χ2n) is 5.55. The molecule has 0 bridgehead atoms. The normalized spacial score (nSPS) is 23.8. The molecular weight excluding hydrogens is 242 g/mol. The topological polar surface area (TPSA) is 40.5 Å². The molecule has 4 heteroatoms. The zero-order valence-corrected chi connectivity index (χ0v) is 12.0. The maximum absolute atomic E-state index is 12.5. The molecule has 0 aliphatic carbocycles. The van der Waals surface area contributed by atoms with Crippen molar-refractivity contribution in [1.82, 2.24) is 4.57 Å². The number of methoxy groups -OCH3 is 1. The Kier molecular flexibility index (Phi) is 4.77. The number of nitrogens with zero attached hydrogens (tertiary/aromatic N) is 1. The first-order valence-corrected chi connectivity index (χ1v) is 6.94. The molecule has 2 atom stereocenters. The number of ether oxygens (including phenoxy) is 2. The molecule has 1 aliphatic rings. The fourth-order valence-corrected chi connectivity index (χ4v) is 2.66. The van der Waals surface area contributed by atoms with Gasteiger partial charge < -0.3 is 14.0 Å². The summed E-state index contributed by atoms with van der Waals surface area (Å²) in [5, 5.41) is 0. The number of pyridine rings is 1. The molecule has 0 radical (unpaired) electrons. The van der Waals surface area contributed by atoms with Crippen LogP contribution in [0.3, 0.4) is 0 Å². The van der Waals surface area contributed by atoms with Crippen molar-refractivity contribution in [3.05, 3.63) is 34.2 Å². The predicted molar refractivity (Wildman–Crippen MR) is 74.5 cm³/mol. The van der Waals surface area contributed by atoms with Gasteiger partial charge >= 0.3 is 0 Å². The van der Waals surface area contributed by atoms with E-state index in [-0.39, 0.29) is 17.7 Å². The lowest BCUT2D eigenvalue weighted by Gasteiger charge is -2.32. The maximum atomic E-state index is 12.5. The molecule has 0 saturated carbocycles. The summed E-state index contributed by atoms with van der Waals surface area (Å²) in [7, 11) is 1.68. The summed E-state index contributed by atoms with van der Waals surface area (Å²) in [5.41, 5.74) is 1.00. The van der Waals surface area contributed by atoms with Crippen LogP contribution in [0, 0.1) is 5.92 Å². The monoisotopic (exact) mass is 265 g/mol. The average molecular weight is 265 g/mol. The van der Waals surface area contributed by atoms with E-state index in [9.17, 15) is 4.79 Å². The van der Waals surface area contributed by atoms with Gasteiger partial charge in [0.25, 0.3) is 5.56 Å². The Morgan fingerprint density at radius 3 is 3.00 bits per heavy atom. The highest BCUT2D eigenvalue weighted by Crippen LogP contribution is 2.22. The highest BCUT2D eigenvalue weighted by molar-refractivity contribution is 5.12. The molecule has 1 aromatic heterocycles. The van der Waals surface area contributed by atoms with Crippen LogP contribution in [-0.2, 0) is 15.9 Å². The minimum absolute atomic E-state index is 0.0410. The van der Waals surface area contributed by atoms with E-state index in [0.717, 1.165) is 18.4 Å². The third kappa shape index (κ3) is 3.25. The molecule has 0 aromatic carbocycles. The Morgan fingerprint density at radius 2 is 2.32 bits per heavy atom. The van der Waals surface area contributed by atoms with Gasteiger partial charge in [-0.05, 0) is 24.8 Å². The summed E-state index contributed by atoms with van der Waals surface area (Å²) >= 11 is 0. The van der Waals surface area contributed by atoms with Crippen LogP contribution < -0.4 is 5.56 Å². The molecule has 1 aromatic rings. The minimum Gasteiger partial charge on any atom is -0.379 e. The highest BCUT2D eigenvalue weighted by Gasteiger charge is 2.28. The van der Waals surface area contributed by atoms with Crippen molar-refractivity contribution < 1.29 is 9.47 Å². The van der Waals surface area contributed by atoms with Gasteiger partial charge in [0.2, 0.25) is 0 Å². The van der Waals surface area contributed by atoms with Crippen LogP contribution in [0.5, 0.6) is 0 Å². The summed E-state index contributed by atoms with van der Waals surface area (Å²) in [5.74, 6) is 0.483. The largest absolute Gasteiger partial charge is 0.379 e. The van der Waals surface area contributed by atoms with E-state index in [1.54, 1.807) is 7.11 Å². The second-order valence-corrected chi connectivity index (χ2v) is 5.55. The highest BCUT2D eigenvalue weighted by atomic mass is 16.5. The van der Waals surface area contributed by atoms with Crippen LogP contribution in [0.2, 0.25) is 0 Å². The zero-order valence-electron chi connectivity index (χ0n) is 12.0. The second kappa shape index (κ2) is 6.35.